The van der Waals surface area contributed by atoms with Crippen LogP contribution in [0.4, 0.5) is 11.6 Å². The van der Waals surface area contributed by atoms with Crippen LogP contribution >= 0.6 is 0 Å². The molecule has 0 bridgehead atoms. The Morgan fingerprint density at radius 3 is 2.68 bits per heavy atom. The van der Waals surface area contributed by atoms with Crippen LogP contribution in [0.25, 0.3) is 0 Å². The predicted octanol–water partition coefficient (Wildman–Crippen LogP) is 3.20. The molecule has 1 heterocycles. The molecular weight excluding hydrogens is 276 g/mol. The SMILES string of the molecule is C=CCNc1ncc(C(=O)Nc2c(C)cccc2CC)cn1. The Morgan fingerprint density at radius 1 is 1.32 bits per heavy atom. The van der Waals surface area contributed by atoms with Crippen molar-refractivity contribution in [1.82, 2.24) is 9.97 Å². The lowest BCUT2D eigenvalue weighted by Gasteiger charge is -2.12. The lowest BCUT2D eigenvalue weighted by atomic mass is 10.1. The summed E-state index contributed by atoms with van der Waals surface area (Å²) in [6.45, 7) is 8.23. The second-order valence-corrected chi connectivity index (χ2v) is 4.88. The summed E-state index contributed by atoms with van der Waals surface area (Å²) in [4.78, 5) is 20.6. The number of nitrogens with one attached hydrogen (secondary N) is 2. The van der Waals surface area contributed by atoms with Gasteiger partial charge in [0.1, 0.15) is 0 Å². The van der Waals surface area contributed by atoms with E-state index in [4.69, 9.17) is 0 Å². The molecule has 0 atom stereocenters. The van der Waals surface area contributed by atoms with Crippen LogP contribution in [-0.4, -0.2) is 22.4 Å². The molecule has 1 aromatic carbocycles. The molecule has 114 valence electrons. The smallest absolute Gasteiger partial charge is 0.258 e. The van der Waals surface area contributed by atoms with E-state index in [0.717, 1.165) is 23.2 Å². The minimum Gasteiger partial charge on any atom is -0.351 e. The van der Waals surface area contributed by atoms with E-state index in [1.54, 1.807) is 6.08 Å². The predicted molar refractivity (Wildman–Crippen MR) is 89.2 cm³/mol. The van der Waals surface area contributed by atoms with Gasteiger partial charge in [-0.2, -0.15) is 0 Å². The fourth-order valence-electron chi connectivity index (χ4n) is 2.09. The Kier molecular flexibility index (Phi) is 5.25. The first-order valence-electron chi connectivity index (χ1n) is 7.22. The van der Waals surface area contributed by atoms with Crippen molar-refractivity contribution in [3.8, 4) is 0 Å². The average Bonchev–Trinajstić information content (AvgIpc) is 2.55. The molecule has 0 aliphatic rings. The number of carbonyl (C=O) groups excluding carboxylic acids is 1. The fraction of sp³-hybridized carbons (Fsp3) is 0.235. The third-order valence-corrected chi connectivity index (χ3v) is 3.30. The maximum Gasteiger partial charge on any atom is 0.258 e. The first-order chi connectivity index (χ1) is 10.7. The summed E-state index contributed by atoms with van der Waals surface area (Å²) < 4.78 is 0. The molecule has 5 heteroatoms. The largest absolute Gasteiger partial charge is 0.351 e. The van der Waals surface area contributed by atoms with E-state index in [1.165, 1.54) is 12.4 Å². The van der Waals surface area contributed by atoms with Crippen LogP contribution in [-0.2, 0) is 6.42 Å². The lowest BCUT2D eigenvalue weighted by Crippen LogP contribution is -2.15. The highest BCUT2D eigenvalue weighted by molar-refractivity contribution is 6.04. The Hall–Kier alpha value is -2.69. The van der Waals surface area contributed by atoms with Gasteiger partial charge in [-0.1, -0.05) is 31.2 Å². The molecule has 5 nitrogen and oxygen atoms in total. The number of anilines is 2. The summed E-state index contributed by atoms with van der Waals surface area (Å²) in [5.74, 6) is 0.265. The van der Waals surface area contributed by atoms with Gasteiger partial charge in [-0.15, -0.1) is 6.58 Å². The molecule has 22 heavy (non-hydrogen) atoms. The van der Waals surface area contributed by atoms with Crippen molar-refractivity contribution in [2.45, 2.75) is 20.3 Å². The molecule has 0 fully saturated rings. The van der Waals surface area contributed by atoms with E-state index in [9.17, 15) is 4.79 Å². The Morgan fingerprint density at radius 2 is 2.05 bits per heavy atom. The summed E-state index contributed by atoms with van der Waals surface area (Å²) in [7, 11) is 0. The van der Waals surface area contributed by atoms with E-state index in [1.807, 2.05) is 25.1 Å². The number of nitrogens with zero attached hydrogens (tertiary/aromatic N) is 2. The van der Waals surface area contributed by atoms with E-state index in [2.05, 4.69) is 34.1 Å². The highest BCUT2D eigenvalue weighted by Crippen LogP contribution is 2.21. The molecule has 0 aliphatic heterocycles. The van der Waals surface area contributed by atoms with Gasteiger partial charge in [-0.05, 0) is 24.5 Å². The summed E-state index contributed by atoms with van der Waals surface area (Å²) >= 11 is 0. The zero-order chi connectivity index (χ0) is 15.9. The van der Waals surface area contributed by atoms with Crippen molar-refractivity contribution in [3.05, 3.63) is 59.9 Å². The second-order valence-electron chi connectivity index (χ2n) is 4.88. The maximum atomic E-state index is 12.3. The number of amides is 1. The third kappa shape index (κ3) is 3.69. The number of hydrogen-bond donors (Lipinski definition) is 2. The van der Waals surface area contributed by atoms with Gasteiger partial charge in [0.25, 0.3) is 5.91 Å². The van der Waals surface area contributed by atoms with Crippen LogP contribution in [0.1, 0.15) is 28.4 Å². The van der Waals surface area contributed by atoms with E-state index >= 15 is 0 Å². The molecule has 0 saturated heterocycles. The van der Waals surface area contributed by atoms with E-state index in [0.29, 0.717) is 18.1 Å². The highest BCUT2D eigenvalue weighted by Gasteiger charge is 2.11. The minimum atomic E-state index is -0.209. The highest BCUT2D eigenvalue weighted by atomic mass is 16.1. The molecule has 0 aliphatic carbocycles. The van der Waals surface area contributed by atoms with Crippen molar-refractivity contribution < 1.29 is 4.79 Å². The number of aryl methyl sites for hydroxylation is 2. The zero-order valence-electron chi connectivity index (χ0n) is 12.9. The van der Waals surface area contributed by atoms with Crippen LogP contribution in [0.15, 0.2) is 43.2 Å². The van der Waals surface area contributed by atoms with Crippen LogP contribution in [0.5, 0.6) is 0 Å². The summed E-state index contributed by atoms with van der Waals surface area (Å²) in [5, 5.41) is 5.92. The van der Waals surface area contributed by atoms with Crippen molar-refractivity contribution in [2.75, 3.05) is 17.2 Å². The van der Waals surface area contributed by atoms with Gasteiger partial charge in [0, 0.05) is 24.6 Å². The van der Waals surface area contributed by atoms with Crippen LogP contribution in [0.2, 0.25) is 0 Å². The molecule has 2 aromatic rings. The van der Waals surface area contributed by atoms with Gasteiger partial charge in [0.05, 0.1) is 5.56 Å². The first kappa shape index (κ1) is 15.7. The number of carbonyl (C=O) groups is 1. The molecule has 0 spiro atoms. The molecule has 2 N–H and O–H groups in total. The summed E-state index contributed by atoms with van der Waals surface area (Å²) in [6.07, 6.45) is 5.60. The Bertz CT molecular complexity index is 665. The number of rotatable bonds is 6. The quantitative estimate of drug-likeness (QED) is 0.803. The standard InChI is InChI=1S/C17H20N4O/c1-4-9-18-17-19-10-14(11-20-17)16(22)21-15-12(3)7-6-8-13(15)5-2/h4,6-8,10-11H,1,5,9H2,2-3H3,(H,21,22)(H,18,19,20). The number of para-hydroxylation sites is 1. The van der Waals surface area contributed by atoms with Crippen LogP contribution < -0.4 is 10.6 Å². The number of benzene rings is 1. The van der Waals surface area contributed by atoms with Crippen LogP contribution in [0.3, 0.4) is 0 Å². The number of hydrogen-bond acceptors (Lipinski definition) is 4. The van der Waals surface area contributed by atoms with Crippen molar-refractivity contribution >= 4 is 17.5 Å². The molecule has 0 saturated carbocycles. The van der Waals surface area contributed by atoms with Gasteiger partial charge in [0.2, 0.25) is 5.95 Å². The number of aromatic nitrogens is 2. The van der Waals surface area contributed by atoms with Gasteiger partial charge in [-0.25, -0.2) is 9.97 Å². The fourth-order valence-corrected chi connectivity index (χ4v) is 2.09. The first-order valence-corrected chi connectivity index (χ1v) is 7.22. The van der Waals surface area contributed by atoms with E-state index < -0.39 is 0 Å². The van der Waals surface area contributed by atoms with Gasteiger partial charge < -0.3 is 10.6 Å². The minimum absolute atomic E-state index is 0.209. The third-order valence-electron chi connectivity index (χ3n) is 3.30. The monoisotopic (exact) mass is 296 g/mol. The Balaban J connectivity index is 2.14. The topological polar surface area (TPSA) is 66.9 Å². The molecule has 0 radical (unpaired) electrons. The molecule has 1 aromatic heterocycles. The van der Waals surface area contributed by atoms with Crippen LogP contribution in [0, 0.1) is 6.92 Å². The van der Waals surface area contributed by atoms with Gasteiger partial charge in [-0.3, -0.25) is 4.79 Å². The van der Waals surface area contributed by atoms with Crippen molar-refractivity contribution in [3.63, 3.8) is 0 Å². The molecular formula is C17H20N4O. The average molecular weight is 296 g/mol. The normalized spacial score (nSPS) is 10.1. The van der Waals surface area contributed by atoms with Gasteiger partial charge >= 0.3 is 0 Å². The summed E-state index contributed by atoms with van der Waals surface area (Å²) in [5.41, 5.74) is 3.44. The maximum absolute atomic E-state index is 12.3. The molecule has 0 unspecified atom stereocenters. The second kappa shape index (κ2) is 7.36. The van der Waals surface area contributed by atoms with Crippen molar-refractivity contribution in [2.24, 2.45) is 0 Å². The Labute approximate surface area is 130 Å². The lowest BCUT2D eigenvalue weighted by molar-refractivity contribution is 0.102. The van der Waals surface area contributed by atoms with Gasteiger partial charge in [0.15, 0.2) is 0 Å². The van der Waals surface area contributed by atoms with Crippen molar-refractivity contribution in [1.29, 1.82) is 0 Å². The molecule has 1 amide bonds. The van der Waals surface area contributed by atoms with E-state index in [-0.39, 0.29) is 5.91 Å². The molecule has 2 rings (SSSR count). The summed E-state index contributed by atoms with van der Waals surface area (Å²) in [6, 6.07) is 5.99. The zero-order valence-corrected chi connectivity index (χ0v) is 12.9.